The maximum absolute atomic E-state index is 11.8. The van der Waals surface area contributed by atoms with Gasteiger partial charge in [0.1, 0.15) is 0 Å². The Morgan fingerprint density at radius 2 is 2.07 bits per heavy atom. The molecule has 0 aliphatic carbocycles. The van der Waals surface area contributed by atoms with Crippen LogP contribution < -0.4 is 0 Å². The van der Waals surface area contributed by atoms with Gasteiger partial charge in [-0.15, -0.1) is 11.3 Å². The van der Waals surface area contributed by atoms with Gasteiger partial charge >= 0.3 is 0 Å². The Bertz CT molecular complexity index is 466. The number of pyridine rings is 1. The SMILES string of the molecule is O=C(Cc1sccc1Br)c1ccncc1. The van der Waals surface area contributed by atoms with Crippen LogP contribution >= 0.6 is 27.3 Å². The Morgan fingerprint density at radius 1 is 1.33 bits per heavy atom. The number of hydrogen-bond donors (Lipinski definition) is 0. The molecule has 0 N–H and O–H groups in total. The number of Topliss-reactive ketones (excluding diaryl/α,β-unsaturated/α-hetero) is 1. The second-order valence-corrected chi connectivity index (χ2v) is 4.88. The largest absolute Gasteiger partial charge is 0.294 e. The molecule has 2 rings (SSSR count). The fourth-order valence-corrected chi connectivity index (χ4v) is 2.73. The molecule has 0 amide bonds. The summed E-state index contributed by atoms with van der Waals surface area (Å²) in [6, 6.07) is 5.44. The lowest BCUT2D eigenvalue weighted by Crippen LogP contribution is -2.02. The van der Waals surface area contributed by atoms with Gasteiger partial charge in [-0.2, -0.15) is 0 Å². The number of aromatic nitrogens is 1. The van der Waals surface area contributed by atoms with Crippen molar-refractivity contribution in [1.82, 2.24) is 4.98 Å². The average Bonchev–Trinajstić information content (AvgIpc) is 2.66. The van der Waals surface area contributed by atoms with Crippen LogP contribution in [0, 0.1) is 0 Å². The van der Waals surface area contributed by atoms with Crippen LogP contribution in [0.25, 0.3) is 0 Å². The second-order valence-electron chi connectivity index (χ2n) is 3.03. The fraction of sp³-hybridized carbons (Fsp3) is 0.0909. The first-order valence-corrected chi connectivity index (χ1v) is 6.10. The molecule has 0 fully saturated rings. The Morgan fingerprint density at radius 3 is 2.67 bits per heavy atom. The zero-order valence-electron chi connectivity index (χ0n) is 7.81. The predicted molar refractivity (Wildman–Crippen MR) is 64.3 cm³/mol. The van der Waals surface area contributed by atoms with E-state index >= 15 is 0 Å². The van der Waals surface area contributed by atoms with Gasteiger partial charge in [0.2, 0.25) is 0 Å². The third-order valence-corrected chi connectivity index (χ3v) is 3.94. The van der Waals surface area contributed by atoms with E-state index in [1.165, 1.54) is 0 Å². The summed E-state index contributed by atoms with van der Waals surface area (Å²) in [6.45, 7) is 0. The fourth-order valence-electron chi connectivity index (χ4n) is 1.24. The van der Waals surface area contributed by atoms with E-state index in [1.54, 1.807) is 35.9 Å². The van der Waals surface area contributed by atoms with Gasteiger partial charge in [-0.05, 0) is 39.5 Å². The van der Waals surface area contributed by atoms with E-state index in [4.69, 9.17) is 0 Å². The Balaban J connectivity index is 2.15. The maximum Gasteiger partial charge on any atom is 0.168 e. The summed E-state index contributed by atoms with van der Waals surface area (Å²) in [7, 11) is 0. The van der Waals surface area contributed by atoms with E-state index in [2.05, 4.69) is 20.9 Å². The lowest BCUT2D eigenvalue weighted by atomic mass is 10.1. The summed E-state index contributed by atoms with van der Waals surface area (Å²) in [5, 5.41) is 1.97. The van der Waals surface area contributed by atoms with Crippen LogP contribution in [0.4, 0.5) is 0 Å². The van der Waals surface area contributed by atoms with E-state index in [1.807, 2.05) is 11.4 Å². The Kier molecular flexibility index (Phi) is 3.28. The molecule has 0 saturated heterocycles. The van der Waals surface area contributed by atoms with E-state index in [9.17, 15) is 4.79 Å². The van der Waals surface area contributed by atoms with E-state index in [-0.39, 0.29) is 5.78 Å². The standard InChI is InChI=1S/C11H8BrNOS/c12-9-3-6-15-11(9)7-10(14)8-1-4-13-5-2-8/h1-6H,7H2. The molecule has 2 aromatic rings. The van der Waals surface area contributed by atoms with Crippen LogP contribution in [0.3, 0.4) is 0 Å². The zero-order chi connectivity index (χ0) is 10.7. The highest BCUT2D eigenvalue weighted by Crippen LogP contribution is 2.24. The van der Waals surface area contributed by atoms with Crippen LogP contribution in [-0.4, -0.2) is 10.8 Å². The van der Waals surface area contributed by atoms with Gasteiger partial charge < -0.3 is 0 Å². The molecule has 0 spiro atoms. The van der Waals surface area contributed by atoms with Crippen molar-refractivity contribution in [3.63, 3.8) is 0 Å². The lowest BCUT2D eigenvalue weighted by Gasteiger charge is -1.98. The van der Waals surface area contributed by atoms with E-state index in [0.717, 1.165) is 9.35 Å². The maximum atomic E-state index is 11.8. The van der Waals surface area contributed by atoms with E-state index in [0.29, 0.717) is 12.0 Å². The molecular formula is C11H8BrNOS. The number of carbonyl (C=O) groups is 1. The van der Waals surface area contributed by atoms with Gasteiger partial charge in [0, 0.05) is 33.7 Å². The van der Waals surface area contributed by atoms with E-state index < -0.39 is 0 Å². The monoisotopic (exact) mass is 281 g/mol. The molecule has 2 aromatic heterocycles. The minimum absolute atomic E-state index is 0.126. The molecule has 0 aromatic carbocycles. The molecule has 0 atom stereocenters. The molecule has 0 unspecified atom stereocenters. The first-order chi connectivity index (χ1) is 7.27. The number of hydrogen-bond acceptors (Lipinski definition) is 3. The van der Waals surface area contributed by atoms with Crippen molar-refractivity contribution in [2.75, 3.05) is 0 Å². The van der Waals surface area contributed by atoms with Crippen LogP contribution in [-0.2, 0) is 6.42 Å². The molecule has 2 nitrogen and oxygen atoms in total. The van der Waals surface area contributed by atoms with Crippen molar-refractivity contribution in [3.8, 4) is 0 Å². The normalized spacial score (nSPS) is 10.2. The van der Waals surface area contributed by atoms with Crippen molar-refractivity contribution in [3.05, 3.63) is 50.9 Å². The number of nitrogens with zero attached hydrogens (tertiary/aromatic N) is 1. The number of ketones is 1. The highest BCUT2D eigenvalue weighted by atomic mass is 79.9. The average molecular weight is 282 g/mol. The topological polar surface area (TPSA) is 30.0 Å². The third-order valence-electron chi connectivity index (χ3n) is 2.01. The quantitative estimate of drug-likeness (QED) is 0.808. The van der Waals surface area contributed by atoms with Gasteiger partial charge in [0.05, 0.1) is 0 Å². The minimum atomic E-state index is 0.126. The molecule has 0 radical (unpaired) electrons. The number of rotatable bonds is 3. The summed E-state index contributed by atoms with van der Waals surface area (Å²) in [6.07, 6.45) is 3.72. The Hall–Kier alpha value is -1.00. The molecule has 0 bridgehead atoms. The second kappa shape index (κ2) is 4.68. The molecule has 0 saturated carbocycles. The number of thiophene rings is 1. The van der Waals surface area contributed by atoms with Crippen molar-refractivity contribution in [1.29, 1.82) is 0 Å². The summed E-state index contributed by atoms with van der Waals surface area (Å²) in [5.74, 6) is 0.126. The lowest BCUT2D eigenvalue weighted by molar-refractivity contribution is 0.0993. The smallest absolute Gasteiger partial charge is 0.168 e. The summed E-state index contributed by atoms with van der Waals surface area (Å²) < 4.78 is 1.01. The van der Waals surface area contributed by atoms with Crippen LogP contribution in [0.5, 0.6) is 0 Å². The predicted octanol–water partition coefficient (Wildman–Crippen LogP) is 3.33. The summed E-state index contributed by atoms with van der Waals surface area (Å²) in [5.41, 5.74) is 0.713. The molecule has 15 heavy (non-hydrogen) atoms. The summed E-state index contributed by atoms with van der Waals surface area (Å²) in [4.78, 5) is 16.8. The Labute approximate surface area is 100 Å². The van der Waals surface area contributed by atoms with Gasteiger partial charge in [-0.25, -0.2) is 0 Å². The van der Waals surface area contributed by atoms with Gasteiger partial charge in [-0.3, -0.25) is 9.78 Å². The third kappa shape index (κ3) is 2.52. The molecule has 0 aliphatic heterocycles. The first kappa shape index (κ1) is 10.5. The van der Waals surface area contributed by atoms with Crippen molar-refractivity contribution in [2.45, 2.75) is 6.42 Å². The van der Waals surface area contributed by atoms with Crippen molar-refractivity contribution in [2.24, 2.45) is 0 Å². The van der Waals surface area contributed by atoms with Gasteiger partial charge in [0.25, 0.3) is 0 Å². The molecule has 4 heteroatoms. The zero-order valence-corrected chi connectivity index (χ0v) is 10.2. The molecule has 2 heterocycles. The van der Waals surface area contributed by atoms with Gasteiger partial charge in [-0.1, -0.05) is 0 Å². The van der Waals surface area contributed by atoms with Crippen molar-refractivity contribution >= 4 is 33.0 Å². The van der Waals surface area contributed by atoms with Crippen LogP contribution in [0.2, 0.25) is 0 Å². The van der Waals surface area contributed by atoms with Gasteiger partial charge in [0.15, 0.2) is 5.78 Å². The molecule has 0 aliphatic rings. The summed E-state index contributed by atoms with van der Waals surface area (Å²) >= 11 is 5.00. The highest BCUT2D eigenvalue weighted by Gasteiger charge is 2.09. The minimum Gasteiger partial charge on any atom is -0.294 e. The van der Waals surface area contributed by atoms with Crippen molar-refractivity contribution < 1.29 is 4.79 Å². The molecule has 76 valence electrons. The van der Waals surface area contributed by atoms with Crippen LogP contribution in [0.15, 0.2) is 40.4 Å². The number of carbonyl (C=O) groups excluding carboxylic acids is 1. The molecular weight excluding hydrogens is 274 g/mol. The number of halogens is 1. The first-order valence-electron chi connectivity index (χ1n) is 4.42. The highest BCUT2D eigenvalue weighted by molar-refractivity contribution is 9.10. The van der Waals surface area contributed by atoms with Crippen LogP contribution in [0.1, 0.15) is 15.2 Å².